The van der Waals surface area contributed by atoms with Crippen LogP contribution in [0.5, 0.6) is 0 Å². The van der Waals surface area contributed by atoms with E-state index in [4.69, 9.17) is 4.74 Å². The van der Waals surface area contributed by atoms with Gasteiger partial charge in [0.2, 0.25) is 0 Å². The van der Waals surface area contributed by atoms with Gasteiger partial charge in [-0.2, -0.15) is 0 Å². The molecule has 0 aliphatic rings. The summed E-state index contributed by atoms with van der Waals surface area (Å²) in [5, 5.41) is 6.94. The molecule has 112 valence electrons. The zero-order chi connectivity index (χ0) is 15.1. The summed E-state index contributed by atoms with van der Waals surface area (Å²) in [6.45, 7) is 5.21. The lowest BCUT2D eigenvalue weighted by molar-refractivity contribution is 0.0757. The highest BCUT2D eigenvalue weighted by Crippen LogP contribution is 2.23. The number of benzene rings is 1. The van der Waals surface area contributed by atoms with Crippen LogP contribution in [0.1, 0.15) is 29.9 Å². The van der Waals surface area contributed by atoms with Gasteiger partial charge in [-0.05, 0) is 31.8 Å². The first kappa shape index (κ1) is 15.6. The van der Waals surface area contributed by atoms with Crippen LogP contribution in [0, 0.1) is 0 Å². The first-order chi connectivity index (χ1) is 10.2. The number of amides is 1. The zero-order valence-electron chi connectivity index (χ0n) is 12.2. The van der Waals surface area contributed by atoms with Crippen molar-refractivity contribution in [2.24, 2.45) is 0 Å². The fraction of sp³-hybridized carbons (Fsp3) is 0.400. The fourth-order valence-electron chi connectivity index (χ4n) is 1.80. The van der Waals surface area contributed by atoms with Crippen LogP contribution in [0.2, 0.25) is 0 Å². The largest absolute Gasteiger partial charge is 0.379 e. The number of hydrogen-bond acceptors (Lipinski definition) is 5. The molecule has 1 heterocycles. The van der Waals surface area contributed by atoms with Crippen molar-refractivity contribution in [1.29, 1.82) is 0 Å². The molecule has 0 atom stereocenters. The van der Waals surface area contributed by atoms with Gasteiger partial charge >= 0.3 is 0 Å². The summed E-state index contributed by atoms with van der Waals surface area (Å²) in [5.74, 6) is -0.131. The van der Waals surface area contributed by atoms with Crippen molar-refractivity contribution in [3.05, 3.63) is 35.2 Å². The molecule has 6 heteroatoms. The van der Waals surface area contributed by atoms with Crippen LogP contribution in [0.15, 0.2) is 30.3 Å². The minimum atomic E-state index is -0.131. The highest BCUT2D eigenvalue weighted by Gasteiger charge is 2.17. The maximum atomic E-state index is 12.2. The van der Waals surface area contributed by atoms with E-state index < -0.39 is 0 Å². The van der Waals surface area contributed by atoms with Crippen molar-refractivity contribution in [1.82, 2.24) is 14.9 Å². The summed E-state index contributed by atoms with van der Waals surface area (Å²) in [6, 6.07) is 9.60. The summed E-state index contributed by atoms with van der Waals surface area (Å²) < 4.78 is 9.33. The fourth-order valence-corrected chi connectivity index (χ4v) is 2.40. The van der Waals surface area contributed by atoms with Crippen LogP contribution in [0.25, 0.3) is 11.3 Å². The monoisotopic (exact) mass is 305 g/mol. The number of nitrogens with one attached hydrogen (secondary N) is 1. The molecule has 21 heavy (non-hydrogen) atoms. The molecule has 2 aromatic rings. The Balaban J connectivity index is 1.91. The Kier molecular flexibility index (Phi) is 5.83. The molecule has 0 radical (unpaired) electrons. The predicted molar refractivity (Wildman–Crippen MR) is 83.4 cm³/mol. The zero-order valence-corrected chi connectivity index (χ0v) is 13.0. The van der Waals surface area contributed by atoms with E-state index in [0.717, 1.165) is 23.5 Å². The normalized spacial score (nSPS) is 10.8. The second kappa shape index (κ2) is 7.85. The summed E-state index contributed by atoms with van der Waals surface area (Å²) in [6.07, 6.45) is 1.01. The standard InChI is InChI=1S/C15H19N3O2S/c1-11(2)20-10-6-9-16-15(19)14-13(17-18-21-14)12-7-4-3-5-8-12/h3-5,7-8,11H,6,9-10H2,1-2H3,(H,16,19). The molecule has 0 fully saturated rings. The molecule has 2 rings (SSSR count). The first-order valence-electron chi connectivity index (χ1n) is 6.96. The minimum Gasteiger partial charge on any atom is -0.379 e. The van der Waals surface area contributed by atoms with E-state index in [1.165, 1.54) is 0 Å². The Morgan fingerprint density at radius 2 is 2.10 bits per heavy atom. The number of rotatable bonds is 7. The van der Waals surface area contributed by atoms with Crippen molar-refractivity contribution in [2.75, 3.05) is 13.2 Å². The third kappa shape index (κ3) is 4.61. The Bertz CT molecular complexity index is 569. The molecule has 1 aromatic carbocycles. The van der Waals surface area contributed by atoms with Gasteiger partial charge < -0.3 is 10.1 Å². The first-order valence-corrected chi connectivity index (χ1v) is 7.73. The second-order valence-corrected chi connectivity index (χ2v) is 5.60. The van der Waals surface area contributed by atoms with Gasteiger partial charge in [0.05, 0.1) is 6.10 Å². The van der Waals surface area contributed by atoms with Crippen molar-refractivity contribution < 1.29 is 9.53 Å². The van der Waals surface area contributed by atoms with Crippen LogP contribution < -0.4 is 5.32 Å². The molecule has 0 saturated carbocycles. The van der Waals surface area contributed by atoms with Gasteiger partial charge in [0.25, 0.3) is 5.91 Å². The number of nitrogens with zero attached hydrogens (tertiary/aromatic N) is 2. The predicted octanol–water partition coefficient (Wildman–Crippen LogP) is 2.75. The molecular weight excluding hydrogens is 286 g/mol. The number of hydrogen-bond donors (Lipinski definition) is 1. The number of carbonyl (C=O) groups is 1. The van der Waals surface area contributed by atoms with Crippen LogP contribution in [-0.2, 0) is 4.74 Å². The quantitative estimate of drug-likeness (QED) is 0.799. The van der Waals surface area contributed by atoms with Crippen LogP contribution in [0.4, 0.5) is 0 Å². The number of aromatic nitrogens is 2. The van der Waals surface area contributed by atoms with E-state index in [0.29, 0.717) is 23.7 Å². The summed E-state index contributed by atoms with van der Waals surface area (Å²) in [4.78, 5) is 12.7. The van der Waals surface area contributed by atoms with Crippen molar-refractivity contribution in [2.45, 2.75) is 26.4 Å². The summed E-state index contributed by atoms with van der Waals surface area (Å²) in [5.41, 5.74) is 1.54. The van der Waals surface area contributed by atoms with E-state index in [2.05, 4.69) is 14.9 Å². The molecular formula is C15H19N3O2S. The SMILES string of the molecule is CC(C)OCCCNC(=O)c1snnc1-c1ccccc1. The highest BCUT2D eigenvalue weighted by molar-refractivity contribution is 7.08. The van der Waals surface area contributed by atoms with Gasteiger partial charge in [-0.25, -0.2) is 0 Å². The molecule has 0 aliphatic heterocycles. The number of ether oxygens (including phenoxy) is 1. The molecule has 1 amide bonds. The van der Waals surface area contributed by atoms with Crippen LogP contribution >= 0.6 is 11.5 Å². The molecule has 5 nitrogen and oxygen atoms in total. The van der Waals surface area contributed by atoms with Crippen LogP contribution in [-0.4, -0.2) is 34.7 Å². The molecule has 1 N–H and O–H groups in total. The van der Waals surface area contributed by atoms with E-state index in [1.807, 2.05) is 44.2 Å². The molecule has 1 aromatic heterocycles. The smallest absolute Gasteiger partial charge is 0.265 e. The Hall–Kier alpha value is -1.79. The van der Waals surface area contributed by atoms with Crippen LogP contribution in [0.3, 0.4) is 0 Å². The van der Waals surface area contributed by atoms with Gasteiger partial charge in [-0.3, -0.25) is 4.79 Å². The Labute approximate surface area is 128 Å². The Morgan fingerprint density at radius 3 is 2.81 bits per heavy atom. The lowest BCUT2D eigenvalue weighted by atomic mass is 10.1. The maximum Gasteiger partial charge on any atom is 0.265 e. The summed E-state index contributed by atoms with van der Waals surface area (Å²) in [7, 11) is 0. The lowest BCUT2D eigenvalue weighted by Crippen LogP contribution is -2.25. The van der Waals surface area contributed by atoms with E-state index in [-0.39, 0.29) is 12.0 Å². The average molecular weight is 305 g/mol. The van der Waals surface area contributed by atoms with Gasteiger partial charge in [-0.1, -0.05) is 34.8 Å². The van der Waals surface area contributed by atoms with Gasteiger partial charge in [-0.15, -0.1) is 5.10 Å². The third-order valence-electron chi connectivity index (χ3n) is 2.80. The average Bonchev–Trinajstić information content (AvgIpc) is 2.97. The molecule has 0 unspecified atom stereocenters. The van der Waals surface area contributed by atoms with E-state index >= 15 is 0 Å². The van der Waals surface area contributed by atoms with Gasteiger partial charge in [0.1, 0.15) is 10.6 Å². The third-order valence-corrected chi connectivity index (χ3v) is 3.52. The van der Waals surface area contributed by atoms with Crippen molar-refractivity contribution in [3.63, 3.8) is 0 Å². The summed E-state index contributed by atoms with van der Waals surface area (Å²) >= 11 is 1.12. The molecule has 0 aliphatic carbocycles. The topological polar surface area (TPSA) is 64.1 Å². The van der Waals surface area contributed by atoms with Gasteiger partial charge in [0, 0.05) is 18.7 Å². The molecule has 0 bridgehead atoms. The highest BCUT2D eigenvalue weighted by atomic mass is 32.1. The van der Waals surface area contributed by atoms with Crippen molar-refractivity contribution >= 4 is 17.4 Å². The Morgan fingerprint density at radius 1 is 1.33 bits per heavy atom. The number of carbonyl (C=O) groups excluding carboxylic acids is 1. The van der Waals surface area contributed by atoms with Gasteiger partial charge in [0.15, 0.2) is 0 Å². The van der Waals surface area contributed by atoms with E-state index in [9.17, 15) is 4.79 Å². The molecule has 0 spiro atoms. The van der Waals surface area contributed by atoms with E-state index in [1.54, 1.807) is 0 Å². The lowest BCUT2D eigenvalue weighted by Gasteiger charge is -2.08. The minimum absolute atomic E-state index is 0.131. The second-order valence-electron chi connectivity index (χ2n) is 4.85. The van der Waals surface area contributed by atoms with Crippen molar-refractivity contribution in [3.8, 4) is 11.3 Å². The molecule has 0 saturated heterocycles. The maximum absolute atomic E-state index is 12.2.